The first kappa shape index (κ1) is 14.1. The molecule has 2 aromatic rings. The Morgan fingerprint density at radius 1 is 1.42 bits per heavy atom. The minimum Gasteiger partial charge on any atom is -0.313 e. The summed E-state index contributed by atoms with van der Waals surface area (Å²) in [6.07, 6.45) is 4.69. The predicted molar refractivity (Wildman–Crippen MR) is 75.7 cm³/mol. The fourth-order valence-corrected chi connectivity index (χ4v) is 2.58. The highest BCUT2D eigenvalue weighted by Gasteiger charge is 2.06. The average Bonchev–Trinajstić information content (AvgIpc) is 2.79. The first-order valence-corrected chi connectivity index (χ1v) is 7.16. The third-order valence-corrected chi connectivity index (χ3v) is 3.66. The Labute approximate surface area is 117 Å². The Bertz CT molecular complexity index is 539. The predicted octanol–water partition coefficient (Wildman–Crippen LogP) is 3.21. The van der Waals surface area contributed by atoms with Crippen molar-refractivity contribution in [2.75, 3.05) is 6.54 Å². The molecule has 1 aromatic heterocycles. The van der Waals surface area contributed by atoms with E-state index in [0.29, 0.717) is 11.4 Å². The topological polar surface area (TPSA) is 29.9 Å². The number of nitrogens with zero attached hydrogens (tertiary/aromatic N) is 2. The summed E-state index contributed by atoms with van der Waals surface area (Å²) in [7, 11) is 1.85. The Balaban J connectivity index is 2.02. The van der Waals surface area contributed by atoms with Crippen molar-refractivity contribution in [2.24, 2.45) is 7.05 Å². The molecule has 2 rings (SSSR count). The molecule has 0 aliphatic rings. The van der Waals surface area contributed by atoms with E-state index in [1.54, 1.807) is 16.9 Å². The maximum Gasteiger partial charge on any atom is 0.137 e. The summed E-state index contributed by atoms with van der Waals surface area (Å²) in [5, 5.41) is 7.34. The van der Waals surface area contributed by atoms with Crippen LogP contribution in [0.3, 0.4) is 0 Å². The highest BCUT2D eigenvalue weighted by Crippen LogP contribution is 2.29. The van der Waals surface area contributed by atoms with Crippen molar-refractivity contribution in [3.63, 3.8) is 0 Å². The smallest absolute Gasteiger partial charge is 0.137 e. The summed E-state index contributed by atoms with van der Waals surface area (Å²) < 4.78 is 15.7. The standard InChI is InChI=1S/C14H18FN3S/c1-3-6-16-8-11-4-5-14(13(15)7-11)19-12-9-17-18(2)10-12/h4-5,7,9-10,16H,3,6,8H2,1-2H3. The summed E-state index contributed by atoms with van der Waals surface area (Å²) in [6, 6.07) is 5.39. The van der Waals surface area contributed by atoms with Crippen molar-refractivity contribution in [3.8, 4) is 0 Å². The fraction of sp³-hybridized carbons (Fsp3) is 0.357. The number of nitrogens with one attached hydrogen (secondary N) is 1. The maximum atomic E-state index is 14.0. The van der Waals surface area contributed by atoms with Crippen molar-refractivity contribution in [1.82, 2.24) is 15.1 Å². The molecular formula is C14H18FN3S. The molecule has 0 amide bonds. The van der Waals surface area contributed by atoms with Crippen LogP contribution < -0.4 is 5.32 Å². The Hall–Kier alpha value is -1.33. The minimum absolute atomic E-state index is 0.176. The van der Waals surface area contributed by atoms with E-state index in [1.165, 1.54) is 11.8 Å². The lowest BCUT2D eigenvalue weighted by Gasteiger charge is -2.06. The van der Waals surface area contributed by atoms with Crippen molar-refractivity contribution in [1.29, 1.82) is 0 Å². The van der Waals surface area contributed by atoms with E-state index in [2.05, 4.69) is 17.3 Å². The fourth-order valence-electron chi connectivity index (χ4n) is 1.73. The SMILES string of the molecule is CCCNCc1ccc(Sc2cnn(C)c2)c(F)c1. The summed E-state index contributed by atoms with van der Waals surface area (Å²) in [5.41, 5.74) is 0.974. The van der Waals surface area contributed by atoms with Crippen LogP contribution in [0.5, 0.6) is 0 Å². The first-order valence-electron chi connectivity index (χ1n) is 6.34. The van der Waals surface area contributed by atoms with Crippen LogP contribution in [0.15, 0.2) is 40.4 Å². The van der Waals surface area contributed by atoms with Gasteiger partial charge >= 0.3 is 0 Å². The van der Waals surface area contributed by atoms with Crippen molar-refractivity contribution in [2.45, 2.75) is 29.7 Å². The van der Waals surface area contributed by atoms with Crippen molar-refractivity contribution in [3.05, 3.63) is 42.0 Å². The van der Waals surface area contributed by atoms with Crippen molar-refractivity contribution >= 4 is 11.8 Å². The number of hydrogen-bond donors (Lipinski definition) is 1. The molecule has 0 saturated carbocycles. The molecule has 19 heavy (non-hydrogen) atoms. The molecule has 0 aliphatic carbocycles. The van der Waals surface area contributed by atoms with Crippen LogP contribution in [0.25, 0.3) is 0 Å². The zero-order valence-corrected chi connectivity index (χ0v) is 12.0. The van der Waals surface area contributed by atoms with Crippen LogP contribution in [-0.4, -0.2) is 16.3 Å². The Morgan fingerprint density at radius 3 is 2.89 bits per heavy atom. The summed E-state index contributed by atoms with van der Waals surface area (Å²) in [5.74, 6) is -0.176. The summed E-state index contributed by atoms with van der Waals surface area (Å²) in [4.78, 5) is 1.57. The van der Waals surface area contributed by atoms with Crippen LogP contribution in [0.1, 0.15) is 18.9 Å². The van der Waals surface area contributed by atoms with Gasteiger partial charge in [-0.2, -0.15) is 5.10 Å². The van der Waals surface area contributed by atoms with Gasteiger partial charge in [0.2, 0.25) is 0 Å². The van der Waals surface area contributed by atoms with Gasteiger partial charge in [-0.3, -0.25) is 4.68 Å². The normalized spacial score (nSPS) is 10.9. The highest BCUT2D eigenvalue weighted by molar-refractivity contribution is 7.99. The van der Waals surface area contributed by atoms with Crippen molar-refractivity contribution < 1.29 is 4.39 Å². The quantitative estimate of drug-likeness (QED) is 0.823. The number of hydrogen-bond acceptors (Lipinski definition) is 3. The zero-order chi connectivity index (χ0) is 13.7. The van der Waals surface area contributed by atoms with Gasteiger partial charge in [0.1, 0.15) is 5.82 Å². The second-order valence-electron chi connectivity index (χ2n) is 4.39. The van der Waals surface area contributed by atoms with Crippen LogP contribution in [0.4, 0.5) is 4.39 Å². The minimum atomic E-state index is -0.176. The monoisotopic (exact) mass is 279 g/mol. The Kier molecular flexibility index (Phi) is 4.99. The number of benzene rings is 1. The molecule has 3 nitrogen and oxygen atoms in total. The van der Waals surface area contributed by atoms with Crippen LogP contribution in [0, 0.1) is 5.82 Å². The average molecular weight is 279 g/mol. The largest absolute Gasteiger partial charge is 0.313 e. The third-order valence-electron chi connectivity index (χ3n) is 2.66. The number of aryl methyl sites for hydroxylation is 1. The first-order chi connectivity index (χ1) is 9.19. The van der Waals surface area contributed by atoms with E-state index in [1.807, 2.05) is 25.4 Å². The molecule has 0 bridgehead atoms. The van der Waals surface area contributed by atoms with Gasteiger partial charge in [0.15, 0.2) is 0 Å². The van der Waals surface area contributed by atoms with Gasteiger partial charge in [0.05, 0.1) is 11.1 Å². The lowest BCUT2D eigenvalue weighted by Crippen LogP contribution is -2.13. The molecule has 0 spiro atoms. The molecule has 102 valence electrons. The maximum absolute atomic E-state index is 14.0. The Morgan fingerprint density at radius 2 is 2.26 bits per heavy atom. The molecule has 5 heteroatoms. The molecule has 0 radical (unpaired) electrons. The van der Waals surface area contributed by atoms with E-state index >= 15 is 0 Å². The van der Waals surface area contributed by atoms with Gasteiger partial charge in [0, 0.05) is 24.7 Å². The second-order valence-corrected chi connectivity index (χ2v) is 5.51. The van der Waals surface area contributed by atoms with Gasteiger partial charge in [-0.25, -0.2) is 4.39 Å². The van der Waals surface area contributed by atoms with Crippen LogP contribution in [0.2, 0.25) is 0 Å². The molecular weight excluding hydrogens is 261 g/mol. The number of aromatic nitrogens is 2. The lowest BCUT2D eigenvalue weighted by atomic mass is 10.2. The van der Waals surface area contributed by atoms with E-state index < -0.39 is 0 Å². The molecule has 0 saturated heterocycles. The van der Waals surface area contributed by atoms with Gasteiger partial charge in [0.25, 0.3) is 0 Å². The van der Waals surface area contributed by atoms with Gasteiger partial charge < -0.3 is 5.32 Å². The van der Waals surface area contributed by atoms with E-state index in [4.69, 9.17) is 0 Å². The van der Waals surface area contributed by atoms with Gasteiger partial charge in [-0.1, -0.05) is 24.8 Å². The summed E-state index contributed by atoms with van der Waals surface area (Å²) >= 11 is 1.39. The zero-order valence-electron chi connectivity index (χ0n) is 11.2. The van der Waals surface area contributed by atoms with Gasteiger partial charge in [-0.15, -0.1) is 0 Å². The molecule has 1 heterocycles. The molecule has 0 fully saturated rings. The third kappa shape index (κ3) is 4.08. The molecule has 0 atom stereocenters. The van der Waals surface area contributed by atoms with Gasteiger partial charge in [-0.05, 0) is 30.7 Å². The van der Waals surface area contributed by atoms with Crippen LogP contribution in [-0.2, 0) is 13.6 Å². The second kappa shape index (κ2) is 6.73. The van der Waals surface area contributed by atoms with E-state index in [0.717, 1.165) is 23.4 Å². The van der Waals surface area contributed by atoms with Crippen LogP contribution >= 0.6 is 11.8 Å². The number of rotatable bonds is 6. The molecule has 0 unspecified atom stereocenters. The lowest BCUT2D eigenvalue weighted by molar-refractivity contribution is 0.595. The molecule has 0 aliphatic heterocycles. The summed E-state index contributed by atoms with van der Waals surface area (Å²) in [6.45, 7) is 3.78. The van der Waals surface area contributed by atoms with E-state index in [-0.39, 0.29) is 5.82 Å². The van der Waals surface area contributed by atoms with E-state index in [9.17, 15) is 4.39 Å². The molecule has 1 aromatic carbocycles. The molecule has 1 N–H and O–H groups in total. The number of halogens is 1. The highest BCUT2D eigenvalue weighted by atomic mass is 32.2.